The third kappa shape index (κ3) is 3.77. The highest BCUT2D eigenvalue weighted by Crippen LogP contribution is 2.33. The SMILES string of the molecule is C=C1c2ccccc2C(=O)N1[C@@H](C)C(=O)Nc1ccc(C)c(NS(C)(=O)=O)c1. The van der Waals surface area contributed by atoms with E-state index in [0.29, 0.717) is 28.2 Å². The topological polar surface area (TPSA) is 95.6 Å². The number of carbonyl (C=O) groups excluding carboxylic acids is 2. The number of carbonyl (C=O) groups is 2. The fraction of sp³-hybridized carbons (Fsp3) is 0.200. The Morgan fingerprint density at radius 2 is 1.79 bits per heavy atom. The molecule has 0 aromatic heterocycles. The van der Waals surface area contributed by atoms with Crippen LogP contribution in [-0.2, 0) is 14.8 Å². The molecule has 0 saturated heterocycles. The normalized spacial score (nSPS) is 14.6. The number of nitrogens with one attached hydrogen (secondary N) is 2. The van der Waals surface area contributed by atoms with E-state index in [0.717, 1.165) is 11.8 Å². The van der Waals surface area contributed by atoms with Gasteiger partial charge in [-0.15, -0.1) is 0 Å². The summed E-state index contributed by atoms with van der Waals surface area (Å²) >= 11 is 0. The number of benzene rings is 2. The van der Waals surface area contributed by atoms with E-state index in [1.807, 2.05) is 6.07 Å². The quantitative estimate of drug-likeness (QED) is 0.808. The summed E-state index contributed by atoms with van der Waals surface area (Å²) in [5.41, 5.74) is 3.22. The van der Waals surface area contributed by atoms with Crippen molar-refractivity contribution in [2.45, 2.75) is 19.9 Å². The summed E-state index contributed by atoms with van der Waals surface area (Å²) in [6, 6.07) is 11.2. The molecule has 7 nitrogen and oxygen atoms in total. The summed E-state index contributed by atoms with van der Waals surface area (Å²) in [6.07, 6.45) is 1.06. The molecule has 0 aliphatic carbocycles. The fourth-order valence-electron chi connectivity index (χ4n) is 3.09. The molecule has 28 heavy (non-hydrogen) atoms. The Bertz CT molecular complexity index is 1060. The molecule has 2 aromatic rings. The predicted octanol–water partition coefficient (Wildman–Crippen LogP) is 2.82. The molecule has 1 aliphatic heterocycles. The summed E-state index contributed by atoms with van der Waals surface area (Å²) in [6.45, 7) is 7.33. The zero-order valence-corrected chi connectivity index (χ0v) is 16.6. The number of rotatable bonds is 5. The highest BCUT2D eigenvalue weighted by Gasteiger charge is 2.36. The summed E-state index contributed by atoms with van der Waals surface area (Å²) in [5.74, 6) is -0.678. The lowest BCUT2D eigenvalue weighted by Crippen LogP contribution is -2.41. The molecule has 0 radical (unpaired) electrons. The zero-order valence-electron chi connectivity index (χ0n) is 15.8. The van der Waals surface area contributed by atoms with Crippen molar-refractivity contribution in [1.29, 1.82) is 0 Å². The van der Waals surface area contributed by atoms with E-state index in [9.17, 15) is 18.0 Å². The van der Waals surface area contributed by atoms with E-state index >= 15 is 0 Å². The van der Waals surface area contributed by atoms with Gasteiger partial charge in [0.15, 0.2) is 0 Å². The molecule has 2 N–H and O–H groups in total. The van der Waals surface area contributed by atoms with Gasteiger partial charge in [-0.1, -0.05) is 30.8 Å². The third-order valence-electron chi connectivity index (χ3n) is 4.55. The molecule has 1 aliphatic rings. The molecule has 3 rings (SSSR count). The molecule has 1 atom stereocenters. The molecular formula is C20H21N3O4S. The van der Waals surface area contributed by atoms with Gasteiger partial charge in [-0.05, 0) is 37.6 Å². The number of hydrogen-bond donors (Lipinski definition) is 2. The second-order valence-corrected chi connectivity index (χ2v) is 8.49. The Morgan fingerprint density at radius 1 is 1.14 bits per heavy atom. The van der Waals surface area contributed by atoms with Crippen LogP contribution in [0.5, 0.6) is 0 Å². The van der Waals surface area contributed by atoms with Crippen LogP contribution in [0.4, 0.5) is 11.4 Å². The van der Waals surface area contributed by atoms with Gasteiger partial charge >= 0.3 is 0 Å². The van der Waals surface area contributed by atoms with Crippen LogP contribution < -0.4 is 10.0 Å². The first-order valence-electron chi connectivity index (χ1n) is 8.59. The van der Waals surface area contributed by atoms with E-state index in [2.05, 4.69) is 16.6 Å². The molecular weight excluding hydrogens is 378 g/mol. The van der Waals surface area contributed by atoms with Gasteiger partial charge < -0.3 is 5.32 Å². The average Bonchev–Trinajstić information content (AvgIpc) is 2.87. The number of hydrogen-bond acceptors (Lipinski definition) is 4. The van der Waals surface area contributed by atoms with Crippen molar-refractivity contribution in [3.8, 4) is 0 Å². The van der Waals surface area contributed by atoms with Crippen molar-refractivity contribution in [3.63, 3.8) is 0 Å². The van der Waals surface area contributed by atoms with Gasteiger partial charge in [0.1, 0.15) is 6.04 Å². The Balaban J connectivity index is 1.80. The summed E-state index contributed by atoms with van der Waals surface area (Å²) in [4.78, 5) is 26.8. The highest BCUT2D eigenvalue weighted by molar-refractivity contribution is 7.92. The highest BCUT2D eigenvalue weighted by atomic mass is 32.2. The van der Waals surface area contributed by atoms with Crippen molar-refractivity contribution < 1.29 is 18.0 Å². The van der Waals surface area contributed by atoms with Gasteiger partial charge in [0.2, 0.25) is 15.9 Å². The second kappa shape index (κ2) is 7.12. The zero-order chi connectivity index (χ0) is 20.6. The minimum atomic E-state index is -3.45. The predicted molar refractivity (Wildman–Crippen MR) is 109 cm³/mol. The van der Waals surface area contributed by atoms with Gasteiger partial charge in [-0.2, -0.15) is 0 Å². The fourth-order valence-corrected chi connectivity index (χ4v) is 3.71. The van der Waals surface area contributed by atoms with Crippen LogP contribution in [0.25, 0.3) is 5.70 Å². The maximum atomic E-state index is 12.7. The first kappa shape index (κ1) is 19.6. The van der Waals surface area contributed by atoms with Crippen LogP contribution in [0.15, 0.2) is 49.0 Å². The van der Waals surface area contributed by atoms with Crippen molar-refractivity contribution in [3.05, 3.63) is 65.7 Å². The lowest BCUT2D eigenvalue weighted by molar-refractivity contribution is -0.119. The lowest BCUT2D eigenvalue weighted by Gasteiger charge is -2.24. The first-order chi connectivity index (χ1) is 13.1. The second-order valence-electron chi connectivity index (χ2n) is 6.74. The van der Waals surface area contributed by atoms with Gasteiger partial charge in [0.05, 0.1) is 11.9 Å². The van der Waals surface area contributed by atoms with Crippen molar-refractivity contribution in [1.82, 2.24) is 4.90 Å². The number of sulfonamides is 1. The van der Waals surface area contributed by atoms with Crippen LogP contribution in [0, 0.1) is 6.92 Å². The van der Waals surface area contributed by atoms with Gasteiger partial charge in [0.25, 0.3) is 5.91 Å². The number of nitrogens with zero attached hydrogens (tertiary/aromatic N) is 1. The van der Waals surface area contributed by atoms with E-state index in [1.54, 1.807) is 44.2 Å². The number of anilines is 2. The molecule has 0 fully saturated rings. The molecule has 2 amide bonds. The molecule has 0 bridgehead atoms. The summed E-state index contributed by atoms with van der Waals surface area (Å²) in [7, 11) is -3.45. The molecule has 0 saturated carbocycles. The minimum Gasteiger partial charge on any atom is -0.324 e. The summed E-state index contributed by atoms with van der Waals surface area (Å²) in [5, 5.41) is 2.73. The van der Waals surface area contributed by atoms with Crippen LogP contribution >= 0.6 is 0 Å². The van der Waals surface area contributed by atoms with Gasteiger partial charge in [-0.3, -0.25) is 19.2 Å². The number of amides is 2. The smallest absolute Gasteiger partial charge is 0.259 e. The molecule has 0 unspecified atom stereocenters. The molecule has 1 heterocycles. The minimum absolute atomic E-state index is 0.272. The maximum Gasteiger partial charge on any atom is 0.259 e. The van der Waals surface area contributed by atoms with E-state index in [-0.39, 0.29) is 5.91 Å². The molecule has 0 spiro atoms. The molecule has 2 aromatic carbocycles. The van der Waals surface area contributed by atoms with E-state index in [4.69, 9.17) is 0 Å². The van der Waals surface area contributed by atoms with Crippen LogP contribution in [0.1, 0.15) is 28.4 Å². The van der Waals surface area contributed by atoms with E-state index in [1.165, 1.54) is 11.0 Å². The average molecular weight is 399 g/mol. The lowest BCUT2D eigenvalue weighted by atomic mass is 10.1. The summed E-state index contributed by atoms with van der Waals surface area (Å²) < 4.78 is 25.4. The van der Waals surface area contributed by atoms with Crippen molar-refractivity contribution >= 4 is 38.9 Å². The molecule has 146 valence electrons. The Morgan fingerprint density at radius 3 is 2.39 bits per heavy atom. The van der Waals surface area contributed by atoms with Gasteiger partial charge in [-0.25, -0.2) is 8.42 Å². The molecule has 8 heteroatoms. The number of aryl methyl sites for hydroxylation is 1. The third-order valence-corrected chi connectivity index (χ3v) is 5.14. The maximum absolute atomic E-state index is 12.7. The van der Waals surface area contributed by atoms with E-state index < -0.39 is 22.0 Å². The Hall–Kier alpha value is -3.13. The standard InChI is InChI=1S/C20H21N3O4S/c1-12-9-10-15(11-18(12)22-28(4,26)27)21-19(24)14(3)23-13(2)16-7-5-6-8-17(16)20(23)25/h5-11,14,22H,2H2,1,3-4H3,(H,21,24)/t14-/m0/s1. The van der Waals surface area contributed by atoms with Crippen LogP contribution in [-0.4, -0.2) is 37.4 Å². The van der Waals surface area contributed by atoms with Crippen LogP contribution in [0.3, 0.4) is 0 Å². The van der Waals surface area contributed by atoms with Crippen molar-refractivity contribution in [2.75, 3.05) is 16.3 Å². The van der Waals surface area contributed by atoms with Crippen molar-refractivity contribution in [2.24, 2.45) is 0 Å². The Kier molecular flexibility index (Phi) is 4.99. The monoisotopic (exact) mass is 399 g/mol. The number of fused-ring (bicyclic) bond motifs is 1. The first-order valence-corrected chi connectivity index (χ1v) is 10.5. The van der Waals surface area contributed by atoms with Crippen LogP contribution in [0.2, 0.25) is 0 Å². The van der Waals surface area contributed by atoms with Gasteiger partial charge in [0, 0.05) is 22.5 Å². The Labute approximate surface area is 164 Å². The largest absolute Gasteiger partial charge is 0.324 e.